The van der Waals surface area contributed by atoms with Crippen molar-refractivity contribution in [3.05, 3.63) is 47.0 Å². The zero-order valence-corrected chi connectivity index (χ0v) is 14.8. The lowest BCUT2D eigenvalue weighted by molar-refractivity contribution is 0.174. The van der Waals surface area contributed by atoms with Crippen molar-refractivity contribution in [1.29, 1.82) is 0 Å². The number of benzene rings is 2. The van der Waals surface area contributed by atoms with Crippen LogP contribution in [0.3, 0.4) is 0 Å². The van der Waals surface area contributed by atoms with Crippen molar-refractivity contribution in [2.45, 2.75) is 13.0 Å². The minimum absolute atomic E-state index is 0.00956. The number of thiocarbonyl (C=S) groups is 1. The van der Waals surface area contributed by atoms with Gasteiger partial charge in [0.15, 0.2) is 16.6 Å². The fraction of sp³-hybridized carbons (Fsp3) is 0.235. The van der Waals surface area contributed by atoms with Crippen LogP contribution in [-0.2, 0) is 0 Å². The zero-order valence-electron chi connectivity index (χ0n) is 13.3. The second kappa shape index (κ2) is 7.15. The molecule has 2 N–H and O–H groups in total. The highest BCUT2D eigenvalue weighted by molar-refractivity contribution is 7.80. The number of nitrogens with one attached hydrogen (secondary N) is 2. The van der Waals surface area contributed by atoms with E-state index in [1.54, 1.807) is 25.3 Å². The number of anilines is 1. The highest BCUT2D eigenvalue weighted by Gasteiger charge is 2.16. The van der Waals surface area contributed by atoms with Crippen molar-refractivity contribution in [3.63, 3.8) is 0 Å². The van der Waals surface area contributed by atoms with Gasteiger partial charge in [-0.2, -0.15) is 0 Å². The van der Waals surface area contributed by atoms with E-state index in [-0.39, 0.29) is 12.8 Å². The van der Waals surface area contributed by atoms with Gasteiger partial charge in [0.25, 0.3) is 0 Å². The van der Waals surface area contributed by atoms with Crippen LogP contribution in [0.15, 0.2) is 36.4 Å². The molecule has 0 fully saturated rings. The van der Waals surface area contributed by atoms with Gasteiger partial charge in [0, 0.05) is 5.02 Å². The first-order valence-corrected chi connectivity index (χ1v) is 8.16. The van der Waals surface area contributed by atoms with E-state index in [0.717, 1.165) is 17.1 Å². The maximum Gasteiger partial charge on any atom is 0.231 e. The van der Waals surface area contributed by atoms with Gasteiger partial charge in [-0.15, -0.1) is 0 Å². The van der Waals surface area contributed by atoms with Crippen LogP contribution in [-0.4, -0.2) is 19.0 Å². The number of ether oxygens (including phenoxy) is 3. The van der Waals surface area contributed by atoms with Crippen LogP contribution in [0.5, 0.6) is 17.2 Å². The largest absolute Gasteiger partial charge is 0.495 e. The van der Waals surface area contributed by atoms with Crippen LogP contribution in [0.2, 0.25) is 5.02 Å². The Morgan fingerprint density at radius 2 is 2.00 bits per heavy atom. The molecule has 0 amide bonds. The van der Waals surface area contributed by atoms with Crippen LogP contribution in [0.4, 0.5) is 5.69 Å². The normalized spacial score (nSPS) is 13.3. The number of methoxy groups -OCH3 is 1. The number of hydrogen-bond donors (Lipinski definition) is 2. The van der Waals surface area contributed by atoms with Crippen LogP contribution < -0.4 is 24.8 Å². The monoisotopic (exact) mass is 364 g/mol. The third-order valence-electron chi connectivity index (χ3n) is 3.65. The number of hydrogen-bond acceptors (Lipinski definition) is 4. The molecular formula is C17H17ClN2O3S. The SMILES string of the molecule is COc1ccc(Cl)cc1NC(=S)NC(C)c1ccc2c(c1)OCO2. The lowest BCUT2D eigenvalue weighted by Crippen LogP contribution is -2.31. The molecule has 0 aliphatic carbocycles. The molecule has 2 aromatic carbocycles. The first-order chi connectivity index (χ1) is 11.6. The molecule has 0 saturated heterocycles. The number of rotatable bonds is 4. The van der Waals surface area contributed by atoms with Crippen molar-refractivity contribution in [2.75, 3.05) is 19.2 Å². The molecule has 0 radical (unpaired) electrons. The minimum atomic E-state index is -0.00956. The molecule has 0 spiro atoms. The van der Waals surface area contributed by atoms with Gasteiger partial charge < -0.3 is 24.8 Å². The molecule has 5 nitrogen and oxygen atoms in total. The molecule has 1 unspecified atom stereocenters. The Morgan fingerprint density at radius 3 is 2.79 bits per heavy atom. The summed E-state index contributed by atoms with van der Waals surface area (Å²) in [4.78, 5) is 0. The number of fused-ring (bicyclic) bond motifs is 1. The lowest BCUT2D eigenvalue weighted by atomic mass is 10.1. The standard InChI is InChI=1S/C17H17ClN2O3S/c1-10(11-3-5-15-16(7-11)23-9-22-15)19-17(24)20-13-8-12(18)4-6-14(13)21-2/h3-8,10H,9H2,1-2H3,(H2,19,20,24). The third-order valence-corrected chi connectivity index (χ3v) is 4.11. The molecule has 0 aromatic heterocycles. The first kappa shape index (κ1) is 16.7. The summed E-state index contributed by atoms with van der Waals surface area (Å²) < 4.78 is 16.0. The smallest absolute Gasteiger partial charge is 0.231 e. The minimum Gasteiger partial charge on any atom is -0.495 e. The molecule has 0 saturated carbocycles. The molecule has 1 aliphatic rings. The quantitative estimate of drug-likeness (QED) is 0.796. The summed E-state index contributed by atoms with van der Waals surface area (Å²) >= 11 is 11.4. The van der Waals surface area contributed by atoms with Gasteiger partial charge in [0.2, 0.25) is 6.79 Å². The van der Waals surface area contributed by atoms with Crippen molar-refractivity contribution in [2.24, 2.45) is 0 Å². The average Bonchev–Trinajstić information content (AvgIpc) is 3.02. The highest BCUT2D eigenvalue weighted by atomic mass is 35.5. The van der Waals surface area contributed by atoms with Gasteiger partial charge in [-0.25, -0.2) is 0 Å². The van der Waals surface area contributed by atoms with Crippen LogP contribution in [0.25, 0.3) is 0 Å². The maximum absolute atomic E-state index is 6.03. The van der Waals surface area contributed by atoms with Gasteiger partial charge in [-0.05, 0) is 55.0 Å². The molecule has 1 atom stereocenters. The van der Waals surface area contributed by atoms with Gasteiger partial charge in [-0.3, -0.25) is 0 Å². The van der Waals surface area contributed by atoms with E-state index in [1.165, 1.54) is 0 Å². The summed E-state index contributed by atoms with van der Waals surface area (Å²) in [6.07, 6.45) is 0. The van der Waals surface area contributed by atoms with E-state index in [9.17, 15) is 0 Å². The Labute approximate surface area is 150 Å². The maximum atomic E-state index is 6.03. The molecule has 126 valence electrons. The highest BCUT2D eigenvalue weighted by Crippen LogP contribution is 2.34. The Kier molecular flexibility index (Phi) is 4.97. The molecule has 0 bridgehead atoms. The van der Waals surface area contributed by atoms with Crippen molar-refractivity contribution in [3.8, 4) is 17.2 Å². The van der Waals surface area contributed by atoms with E-state index in [2.05, 4.69) is 10.6 Å². The summed E-state index contributed by atoms with van der Waals surface area (Å²) in [5.41, 5.74) is 1.75. The van der Waals surface area contributed by atoms with E-state index < -0.39 is 0 Å². The topological polar surface area (TPSA) is 51.8 Å². The molecule has 7 heteroatoms. The second-order valence-electron chi connectivity index (χ2n) is 5.28. The Balaban J connectivity index is 1.67. The van der Waals surface area contributed by atoms with Crippen molar-refractivity contribution in [1.82, 2.24) is 5.32 Å². The molecule has 1 heterocycles. The van der Waals surface area contributed by atoms with Gasteiger partial charge in [0.1, 0.15) is 5.75 Å². The van der Waals surface area contributed by atoms with E-state index in [1.807, 2.05) is 25.1 Å². The molecule has 2 aromatic rings. The first-order valence-electron chi connectivity index (χ1n) is 7.37. The summed E-state index contributed by atoms with van der Waals surface area (Å²) in [5.74, 6) is 2.17. The third kappa shape index (κ3) is 3.66. The molecule has 3 rings (SSSR count). The predicted octanol–water partition coefficient (Wildman–Crippen LogP) is 4.12. The molecular weight excluding hydrogens is 348 g/mol. The summed E-state index contributed by atoms with van der Waals surface area (Å²) in [6, 6.07) is 11.1. The van der Waals surface area contributed by atoms with Gasteiger partial charge in [-0.1, -0.05) is 17.7 Å². The van der Waals surface area contributed by atoms with Crippen LogP contribution in [0.1, 0.15) is 18.5 Å². The summed E-state index contributed by atoms with van der Waals surface area (Å²) in [7, 11) is 1.60. The summed E-state index contributed by atoms with van der Waals surface area (Å²) in [5, 5.41) is 7.42. The predicted molar refractivity (Wildman–Crippen MR) is 98.3 cm³/mol. The second-order valence-corrected chi connectivity index (χ2v) is 6.12. The molecule has 1 aliphatic heterocycles. The van der Waals surface area contributed by atoms with Crippen molar-refractivity contribution >= 4 is 34.6 Å². The van der Waals surface area contributed by atoms with Gasteiger partial charge >= 0.3 is 0 Å². The van der Waals surface area contributed by atoms with Crippen LogP contribution >= 0.6 is 23.8 Å². The van der Waals surface area contributed by atoms with E-state index >= 15 is 0 Å². The zero-order chi connectivity index (χ0) is 17.1. The Bertz CT molecular complexity index is 769. The Hall–Kier alpha value is -2.18. The summed E-state index contributed by atoms with van der Waals surface area (Å²) in [6.45, 7) is 2.27. The molecule has 24 heavy (non-hydrogen) atoms. The lowest BCUT2D eigenvalue weighted by Gasteiger charge is -2.19. The average molecular weight is 365 g/mol. The van der Waals surface area contributed by atoms with Gasteiger partial charge in [0.05, 0.1) is 18.8 Å². The van der Waals surface area contributed by atoms with E-state index in [0.29, 0.717) is 21.6 Å². The fourth-order valence-corrected chi connectivity index (χ4v) is 2.86. The van der Waals surface area contributed by atoms with Crippen molar-refractivity contribution < 1.29 is 14.2 Å². The van der Waals surface area contributed by atoms with E-state index in [4.69, 9.17) is 38.0 Å². The van der Waals surface area contributed by atoms with Crippen LogP contribution in [0, 0.1) is 0 Å². The Morgan fingerprint density at radius 1 is 1.21 bits per heavy atom. The number of halogens is 1. The fourth-order valence-electron chi connectivity index (χ4n) is 2.40.